The number of amides is 1. The van der Waals surface area contributed by atoms with Gasteiger partial charge in [0.1, 0.15) is 12.2 Å². The van der Waals surface area contributed by atoms with E-state index in [1.807, 2.05) is 39.9 Å². The van der Waals surface area contributed by atoms with E-state index in [4.69, 9.17) is 0 Å². The van der Waals surface area contributed by atoms with Crippen LogP contribution >= 0.6 is 0 Å². The van der Waals surface area contributed by atoms with E-state index in [1.54, 1.807) is 6.33 Å². The lowest BCUT2D eigenvalue weighted by Gasteiger charge is -2.36. The van der Waals surface area contributed by atoms with Crippen LogP contribution in [0.3, 0.4) is 0 Å². The number of nitrogens with one attached hydrogen (secondary N) is 1. The van der Waals surface area contributed by atoms with Gasteiger partial charge in [-0.1, -0.05) is 6.07 Å². The summed E-state index contributed by atoms with van der Waals surface area (Å²) < 4.78 is 14.9. The van der Waals surface area contributed by atoms with Crippen LogP contribution in [0.2, 0.25) is 0 Å². The molecule has 5 rings (SSSR count). The highest BCUT2D eigenvalue weighted by Gasteiger charge is 2.38. The predicted octanol–water partition coefficient (Wildman–Crippen LogP) is 2.67. The summed E-state index contributed by atoms with van der Waals surface area (Å²) >= 11 is 0. The Bertz CT molecular complexity index is 925. The first-order valence-electron chi connectivity index (χ1n) is 9.09. The van der Waals surface area contributed by atoms with Crippen molar-refractivity contribution in [1.29, 1.82) is 0 Å². The molecule has 1 fully saturated rings. The van der Waals surface area contributed by atoms with Crippen molar-refractivity contribution in [3.63, 3.8) is 0 Å². The fourth-order valence-electron chi connectivity index (χ4n) is 4.12. The number of carbonyl (C=O) groups excluding carboxylic acids is 1. The Labute approximate surface area is 150 Å². The van der Waals surface area contributed by atoms with E-state index in [2.05, 4.69) is 15.1 Å². The van der Waals surface area contributed by atoms with Gasteiger partial charge in [-0.25, -0.2) is 13.9 Å². The Hall–Kier alpha value is -2.70. The van der Waals surface area contributed by atoms with Crippen molar-refractivity contribution in [2.75, 3.05) is 6.54 Å². The number of carbonyl (C=O) groups is 1. The van der Waals surface area contributed by atoms with E-state index >= 15 is 0 Å². The zero-order valence-corrected chi connectivity index (χ0v) is 14.3. The number of nitrogens with zero attached hydrogens (tertiary/aromatic N) is 4. The standard InChI is InChI=1S/C19H20FN5O/c20-13-7-12(8-13)9-17(26)24-6-4-15-18(22-11-21-15)19(24)16-10-14-3-1-2-5-25(14)23-16/h1-3,5,10-13,19H,4,6-9H2,(H,21,22)/t12?,13?,19-/m0/s1. The molecule has 1 saturated carbocycles. The highest BCUT2D eigenvalue weighted by Crippen LogP contribution is 2.37. The molecule has 0 bridgehead atoms. The monoisotopic (exact) mass is 353 g/mol. The lowest BCUT2D eigenvalue weighted by atomic mass is 9.80. The molecule has 1 aliphatic heterocycles. The third-order valence-electron chi connectivity index (χ3n) is 5.56. The molecule has 2 aliphatic rings. The zero-order valence-electron chi connectivity index (χ0n) is 14.3. The summed E-state index contributed by atoms with van der Waals surface area (Å²) in [7, 11) is 0. The number of imidazole rings is 1. The number of aromatic amines is 1. The Balaban J connectivity index is 1.50. The molecule has 1 atom stereocenters. The highest BCUT2D eigenvalue weighted by molar-refractivity contribution is 5.78. The van der Waals surface area contributed by atoms with Gasteiger partial charge in [-0.15, -0.1) is 0 Å². The third kappa shape index (κ3) is 2.50. The Morgan fingerprint density at radius 1 is 1.35 bits per heavy atom. The third-order valence-corrected chi connectivity index (χ3v) is 5.56. The van der Waals surface area contributed by atoms with E-state index in [1.165, 1.54) is 0 Å². The molecule has 0 aromatic carbocycles. The van der Waals surface area contributed by atoms with Gasteiger partial charge < -0.3 is 9.88 Å². The van der Waals surface area contributed by atoms with Crippen LogP contribution in [0.5, 0.6) is 0 Å². The van der Waals surface area contributed by atoms with Crippen LogP contribution in [-0.4, -0.2) is 43.1 Å². The molecule has 0 spiro atoms. The van der Waals surface area contributed by atoms with Crippen molar-refractivity contribution in [2.45, 2.75) is 37.9 Å². The van der Waals surface area contributed by atoms with Gasteiger partial charge in [-0.2, -0.15) is 5.10 Å². The summed E-state index contributed by atoms with van der Waals surface area (Å²) in [6.45, 7) is 0.623. The van der Waals surface area contributed by atoms with Gasteiger partial charge in [-0.3, -0.25) is 4.79 Å². The first-order valence-corrected chi connectivity index (χ1v) is 9.09. The molecule has 1 aliphatic carbocycles. The topological polar surface area (TPSA) is 66.3 Å². The second kappa shape index (κ2) is 5.93. The van der Waals surface area contributed by atoms with Crippen molar-refractivity contribution in [2.24, 2.45) is 5.92 Å². The van der Waals surface area contributed by atoms with Crippen molar-refractivity contribution >= 4 is 11.4 Å². The molecule has 26 heavy (non-hydrogen) atoms. The molecule has 4 heterocycles. The first-order chi connectivity index (χ1) is 12.7. The number of hydrogen-bond acceptors (Lipinski definition) is 3. The van der Waals surface area contributed by atoms with E-state index < -0.39 is 6.17 Å². The van der Waals surface area contributed by atoms with Crippen molar-refractivity contribution in [3.8, 4) is 0 Å². The number of fused-ring (bicyclic) bond motifs is 2. The van der Waals surface area contributed by atoms with Crippen molar-refractivity contribution < 1.29 is 9.18 Å². The summed E-state index contributed by atoms with van der Waals surface area (Å²) in [5.74, 6) is 0.234. The molecule has 3 aromatic heterocycles. The minimum absolute atomic E-state index is 0.0672. The van der Waals surface area contributed by atoms with Crippen molar-refractivity contribution in [3.05, 3.63) is 53.9 Å². The normalized spacial score (nSPS) is 25.1. The Morgan fingerprint density at radius 3 is 3.04 bits per heavy atom. The predicted molar refractivity (Wildman–Crippen MR) is 93.3 cm³/mol. The number of rotatable bonds is 3. The van der Waals surface area contributed by atoms with E-state index in [9.17, 15) is 9.18 Å². The second-order valence-electron chi connectivity index (χ2n) is 7.28. The minimum atomic E-state index is -0.735. The number of pyridine rings is 1. The number of hydrogen-bond donors (Lipinski definition) is 1. The molecule has 0 radical (unpaired) electrons. The molecule has 7 heteroatoms. The van der Waals surface area contributed by atoms with Crippen LogP contribution in [0, 0.1) is 5.92 Å². The van der Waals surface area contributed by atoms with Crippen LogP contribution in [0.4, 0.5) is 4.39 Å². The SMILES string of the molecule is O=C(CC1CC(F)C1)N1CCc2[nH]cnc2[C@@H]1c1cc2ccccn2n1. The fraction of sp³-hybridized carbons (Fsp3) is 0.421. The average Bonchev–Trinajstić information content (AvgIpc) is 3.25. The highest BCUT2D eigenvalue weighted by atomic mass is 19.1. The minimum Gasteiger partial charge on any atom is -0.348 e. The number of halogens is 1. The molecular formula is C19H20FN5O. The second-order valence-corrected chi connectivity index (χ2v) is 7.28. The van der Waals surface area contributed by atoms with E-state index in [-0.39, 0.29) is 17.9 Å². The van der Waals surface area contributed by atoms with E-state index in [0.717, 1.165) is 29.0 Å². The average molecular weight is 353 g/mol. The molecule has 134 valence electrons. The van der Waals surface area contributed by atoms with Crippen LogP contribution in [-0.2, 0) is 11.2 Å². The largest absolute Gasteiger partial charge is 0.348 e. The molecule has 6 nitrogen and oxygen atoms in total. The lowest BCUT2D eigenvalue weighted by molar-refractivity contribution is -0.135. The number of H-pyrrole nitrogens is 1. The molecule has 3 aromatic rings. The van der Waals surface area contributed by atoms with Gasteiger partial charge in [0.05, 0.1) is 23.2 Å². The maximum atomic E-state index is 13.1. The van der Waals surface area contributed by atoms with Gasteiger partial charge in [-0.05, 0) is 37.0 Å². The fourth-order valence-corrected chi connectivity index (χ4v) is 4.12. The smallest absolute Gasteiger partial charge is 0.223 e. The molecule has 1 amide bonds. The summed E-state index contributed by atoms with van der Waals surface area (Å²) in [5, 5.41) is 4.68. The first kappa shape index (κ1) is 15.5. The zero-order chi connectivity index (χ0) is 17.7. The Morgan fingerprint density at radius 2 is 2.23 bits per heavy atom. The summed E-state index contributed by atoms with van der Waals surface area (Å²) in [6, 6.07) is 7.60. The summed E-state index contributed by atoms with van der Waals surface area (Å²) in [4.78, 5) is 22.5. The number of aromatic nitrogens is 4. The van der Waals surface area contributed by atoms with Gasteiger partial charge in [0.25, 0.3) is 0 Å². The van der Waals surface area contributed by atoms with Gasteiger partial charge >= 0.3 is 0 Å². The summed E-state index contributed by atoms with van der Waals surface area (Å²) in [5.41, 5.74) is 3.72. The maximum Gasteiger partial charge on any atom is 0.223 e. The van der Waals surface area contributed by atoms with Crippen LogP contribution in [0.15, 0.2) is 36.8 Å². The number of alkyl halides is 1. The molecule has 0 unspecified atom stereocenters. The molecule has 0 saturated heterocycles. The van der Waals surface area contributed by atoms with Crippen LogP contribution in [0.1, 0.15) is 42.4 Å². The maximum absolute atomic E-state index is 13.1. The lowest BCUT2D eigenvalue weighted by Crippen LogP contribution is -2.42. The van der Waals surface area contributed by atoms with E-state index in [0.29, 0.717) is 25.8 Å². The molecular weight excluding hydrogens is 333 g/mol. The van der Waals surface area contributed by atoms with Crippen LogP contribution < -0.4 is 0 Å². The van der Waals surface area contributed by atoms with Gasteiger partial charge in [0.2, 0.25) is 5.91 Å². The molecule has 1 N–H and O–H groups in total. The Kier molecular flexibility index (Phi) is 3.55. The van der Waals surface area contributed by atoms with Crippen LogP contribution in [0.25, 0.3) is 5.52 Å². The van der Waals surface area contributed by atoms with Crippen molar-refractivity contribution in [1.82, 2.24) is 24.5 Å². The van der Waals surface area contributed by atoms with Gasteiger partial charge in [0, 0.05) is 31.3 Å². The summed E-state index contributed by atoms with van der Waals surface area (Å²) in [6.07, 6.45) is 5.02. The van der Waals surface area contributed by atoms with Gasteiger partial charge in [0.15, 0.2) is 0 Å². The quantitative estimate of drug-likeness (QED) is 0.787.